The van der Waals surface area contributed by atoms with E-state index in [1.54, 1.807) is 37.8 Å². The Morgan fingerprint density at radius 3 is 2.41 bits per heavy atom. The van der Waals surface area contributed by atoms with Crippen LogP contribution >= 0.6 is 11.3 Å². The van der Waals surface area contributed by atoms with Gasteiger partial charge >= 0.3 is 0 Å². The van der Waals surface area contributed by atoms with Crippen molar-refractivity contribution in [2.75, 3.05) is 31.5 Å². The second kappa shape index (κ2) is 10.1. The maximum Gasteiger partial charge on any atom is 0.254 e. The minimum absolute atomic E-state index is 0.0741. The number of sulfonamides is 1. The van der Waals surface area contributed by atoms with Gasteiger partial charge in [-0.05, 0) is 44.4 Å². The molecule has 1 aromatic heterocycles. The van der Waals surface area contributed by atoms with E-state index in [-0.39, 0.29) is 22.6 Å². The second-order valence-corrected chi connectivity index (χ2v) is 10.7. The first-order valence-electron chi connectivity index (χ1n) is 10.8. The zero-order chi connectivity index (χ0) is 23.5. The van der Waals surface area contributed by atoms with Crippen molar-refractivity contribution in [3.63, 3.8) is 0 Å². The number of carbonyl (C=O) groups excluding carboxylic acids is 2. The molecule has 0 saturated carbocycles. The Morgan fingerprint density at radius 1 is 1.19 bits per heavy atom. The fraction of sp³-hybridized carbons (Fsp3) is 0.500. The summed E-state index contributed by atoms with van der Waals surface area (Å²) in [5.74, 6) is -0.456. The van der Waals surface area contributed by atoms with Crippen LogP contribution in [0.2, 0.25) is 0 Å². The number of piperidine rings is 1. The lowest BCUT2D eigenvalue weighted by atomic mass is 9.95. The molecule has 0 spiro atoms. The molecular weight excluding hydrogens is 448 g/mol. The van der Waals surface area contributed by atoms with E-state index >= 15 is 0 Å². The highest BCUT2D eigenvalue weighted by Gasteiger charge is 2.30. The zero-order valence-electron chi connectivity index (χ0n) is 18.9. The van der Waals surface area contributed by atoms with E-state index in [9.17, 15) is 18.0 Å². The van der Waals surface area contributed by atoms with Crippen LogP contribution in [0.4, 0.5) is 5.13 Å². The predicted molar refractivity (Wildman–Crippen MR) is 125 cm³/mol. The van der Waals surface area contributed by atoms with Crippen LogP contribution in [-0.4, -0.2) is 60.6 Å². The van der Waals surface area contributed by atoms with Crippen molar-refractivity contribution in [2.45, 2.75) is 45.4 Å². The van der Waals surface area contributed by atoms with Crippen LogP contribution < -0.4 is 5.32 Å². The number of carbonyl (C=O) groups is 2. The lowest BCUT2D eigenvalue weighted by Crippen LogP contribution is -2.41. The molecule has 0 aliphatic carbocycles. The largest absolute Gasteiger partial charge is 0.339 e. The Kier molecular flexibility index (Phi) is 7.68. The molecule has 0 atom stereocenters. The Hall–Kier alpha value is -2.30. The van der Waals surface area contributed by atoms with Gasteiger partial charge in [-0.1, -0.05) is 19.9 Å². The Balaban J connectivity index is 1.69. The van der Waals surface area contributed by atoms with Crippen molar-refractivity contribution in [1.29, 1.82) is 0 Å². The molecule has 0 radical (unpaired) electrons. The van der Waals surface area contributed by atoms with Crippen molar-refractivity contribution in [3.05, 3.63) is 40.4 Å². The Bertz CT molecular complexity index is 1090. The third kappa shape index (κ3) is 5.19. The average molecular weight is 479 g/mol. The van der Waals surface area contributed by atoms with Crippen molar-refractivity contribution in [1.82, 2.24) is 14.2 Å². The molecule has 1 N–H and O–H groups in total. The molecule has 2 amide bonds. The number of nitrogens with one attached hydrogen (secondary N) is 1. The van der Waals surface area contributed by atoms with Crippen LogP contribution in [-0.2, 0) is 14.8 Å². The number of amides is 2. The summed E-state index contributed by atoms with van der Waals surface area (Å²) >= 11 is 1.39. The van der Waals surface area contributed by atoms with Gasteiger partial charge in [0.05, 0.1) is 10.6 Å². The topological polar surface area (TPSA) is 99.7 Å². The van der Waals surface area contributed by atoms with Gasteiger partial charge in [0.1, 0.15) is 0 Å². The van der Waals surface area contributed by atoms with Crippen LogP contribution in [0.15, 0.2) is 28.5 Å². The van der Waals surface area contributed by atoms with E-state index in [0.717, 1.165) is 11.3 Å². The molecule has 3 rings (SSSR count). The number of aryl methyl sites for hydroxylation is 2. The van der Waals surface area contributed by atoms with Gasteiger partial charge in [0.15, 0.2) is 5.13 Å². The molecule has 1 saturated heterocycles. The fourth-order valence-electron chi connectivity index (χ4n) is 3.84. The first-order valence-corrected chi connectivity index (χ1v) is 13.1. The monoisotopic (exact) mass is 478 g/mol. The van der Waals surface area contributed by atoms with E-state index in [2.05, 4.69) is 10.3 Å². The molecular formula is C22H30N4O4S2. The van der Waals surface area contributed by atoms with E-state index in [4.69, 9.17) is 0 Å². The lowest BCUT2D eigenvalue weighted by molar-refractivity contribution is -0.121. The number of nitrogens with zero attached hydrogens (tertiary/aromatic N) is 3. The van der Waals surface area contributed by atoms with Gasteiger partial charge in [-0.25, -0.2) is 13.4 Å². The minimum atomic E-state index is -3.65. The molecule has 174 valence electrons. The first kappa shape index (κ1) is 24.3. The summed E-state index contributed by atoms with van der Waals surface area (Å²) < 4.78 is 27.1. The van der Waals surface area contributed by atoms with Gasteiger partial charge in [-0.3, -0.25) is 9.59 Å². The van der Waals surface area contributed by atoms with Gasteiger partial charge in [0.2, 0.25) is 15.9 Å². The van der Waals surface area contributed by atoms with Gasteiger partial charge < -0.3 is 10.2 Å². The Labute approximate surface area is 193 Å². The normalized spacial score (nSPS) is 15.2. The molecule has 10 heteroatoms. The molecule has 32 heavy (non-hydrogen) atoms. The first-order chi connectivity index (χ1) is 15.2. The van der Waals surface area contributed by atoms with Gasteiger partial charge in [0.25, 0.3) is 5.91 Å². The molecule has 2 heterocycles. The molecule has 1 aromatic carbocycles. The second-order valence-electron chi connectivity index (χ2n) is 7.92. The summed E-state index contributed by atoms with van der Waals surface area (Å²) in [5.41, 5.74) is 1.98. The van der Waals surface area contributed by atoms with E-state index in [0.29, 0.717) is 49.7 Å². The summed E-state index contributed by atoms with van der Waals surface area (Å²) in [6, 6.07) is 4.71. The lowest BCUT2D eigenvalue weighted by Gasteiger charge is -2.31. The number of rotatable bonds is 7. The number of benzene rings is 1. The highest BCUT2D eigenvalue weighted by atomic mass is 32.2. The molecule has 8 nitrogen and oxygen atoms in total. The number of thiazole rings is 1. The Morgan fingerprint density at radius 2 is 1.84 bits per heavy atom. The summed E-state index contributed by atoms with van der Waals surface area (Å²) in [5, 5.41) is 5.33. The van der Waals surface area contributed by atoms with Gasteiger partial charge in [0, 0.05) is 43.0 Å². The summed E-state index contributed by atoms with van der Waals surface area (Å²) in [7, 11) is -3.65. The zero-order valence-corrected chi connectivity index (χ0v) is 20.6. The van der Waals surface area contributed by atoms with Crippen molar-refractivity contribution in [2.24, 2.45) is 5.92 Å². The van der Waals surface area contributed by atoms with E-state index in [1.807, 2.05) is 12.3 Å². The molecule has 1 aliphatic heterocycles. The highest BCUT2D eigenvalue weighted by molar-refractivity contribution is 7.89. The standard InChI is InChI=1S/C22H30N4O4S2/c1-5-26(6-2)32(29,30)18-8-7-15(3)19(13-18)21(28)25-11-9-17(10-12-25)20(27)24-22-23-16(4)14-31-22/h7-8,13-14,17H,5-6,9-12H2,1-4H3,(H,23,24,27). The average Bonchev–Trinajstić information content (AvgIpc) is 3.18. The van der Waals surface area contributed by atoms with E-state index < -0.39 is 10.0 Å². The van der Waals surface area contributed by atoms with Crippen LogP contribution in [0.3, 0.4) is 0 Å². The minimum Gasteiger partial charge on any atom is -0.339 e. The number of hydrogen-bond acceptors (Lipinski definition) is 6. The third-order valence-corrected chi connectivity index (χ3v) is 8.71. The fourth-order valence-corrected chi connectivity index (χ4v) is 6.01. The maximum atomic E-state index is 13.2. The summed E-state index contributed by atoms with van der Waals surface area (Å²) in [6.45, 7) is 8.88. The number of likely N-dealkylation sites (tertiary alicyclic amines) is 1. The molecule has 1 fully saturated rings. The number of aromatic nitrogens is 1. The van der Waals surface area contributed by atoms with Gasteiger partial charge in [-0.15, -0.1) is 11.3 Å². The number of anilines is 1. The molecule has 0 bridgehead atoms. The van der Waals surface area contributed by atoms with Crippen LogP contribution in [0, 0.1) is 19.8 Å². The van der Waals surface area contributed by atoms with Gasteiger partial charge in [-0.2, -0.15) is 4.31 Å². The van der Waals surface area contributed by atoms with Crippen molar-refractivity contribution >= 4 is 38.3 Å². The van der Waals surface area contributed by atoms with Crippen LogP contribution in [0.1, 0.15) is 48.3 Å². The number of hydrogen-bond donors (Lipinski definition) is 1. The summed E-state index contributed by atoms with van der Waals surface area (Å²) in [4.78, 5) is 31.8. The third-order valence-electron chi connectivity index (χ3n) is 5.78. The summed E-state index contributed by atoms with van der Waals surface area (Å²) in [6.07, 6.45) is 1.11. The predicted octanol–water partition coefficient (Wildman–Crippen LogP) is 3.28. The van der Waals surface area contributed by atoms with Crippen LogP contribution in [0.25, 0.3) is 0 Å². The quantitative estimate of drug-likeness (QED) is 0.658. The van der Waals surface area contributed by atoms with Crippen molar-refractivity contribution in [3.8, 4) is 0 Å². The molecule has 2 aromatic rings. The van der Waals surface area contributed by atoms with Crippen molar-refractivity contribution < 1.29 is 18.0 Å². The van der Waals surface area contributed by atoms with E-state index in [1.165, 1.54) is 21.7 Å². The molecule has 1 aliphatic rings. The maximum absolute atomic E-state index is 13.2. The smallest absolute Gasteiger partial charge is 0.254 e. The van der Waals surface area contributed by atoms with Crippen LogP contribution in [0.5, 0.6) is 0 Å². The SMILES string of the molecule is CCN(CC)S(=O)(=O)c1ccc(C)c(C(=O)N2CCC(C(=O)Nc3nc(C)cs3)CC2)c1. The highest BCUT2D eigenvalue weighted by Crippen LogP contribution is 2.25. The molecule has 0 unspecified atom stereocenters.